The van der Waals surface area contributed by atoms with Crippen LogP contribution in [0.2, 0.25) is 0 Å². The number of hydrogen-bond acceptors (Lipinski definition) is 6. The Morgan fingerprint density at radius 2 is 1.24 bits per heavy atom. The first kappa shape index (κ1) is 28.1. The van der Waals surface area contributed by atoms with Crippen LogP contribution in [-0.4, -0.2) is 55.6 Å². The van der Waals surface area contributed by atoms with Crippen LogP contribution in [0.5, 0.6) is 0 Å². The molecular weight excluding hydrogens is 414 g/mol. The van der Waals surface area contributed by atoms with Crippen molar-refractivity contribution >= 4 is 17.3 Å². The Kier molecular flexibility index (Phi) is 12.8. The third kappa shape index (κ3) is 9.58. The lowest BCUT2D eigenvalue weighted by Gasteiger charge is -2.30. The maximum Gasteiger partial charge on any atom is 0.151 e. The van der Waals surface area contributed by atoms with E-state index in [1.54, 1.807) is 6.92 Å². The maximum absolute atomic E-state index is 13.2. The molecule has 2 aliphatic rings. The molecule has 33 heavy (non-hydrogen) atoms. The van der Waals surface area contributed by atoms with E-state index in [-0.39, 0.29) is 35.5 Å². The van der Waals surface area contributed by atoms with E-state index in [1.807, 2.05) is 7.05 Å². The molecule has 3 atom stereocenters. The van der Waals surface area contributed by atoms with Gasteiger partial charge in [0, 0.05) is 25.9 Å². The van der Waals surface area contributed by atoms with Gasteiger partial charge in [-0.25, -0.2) is 0 Å². The number of carbonyl (C=O) groups excluding carboxylic acids is 3. The lowest BCUT2D eigenvalue weighted by molar-refractivity contribution is -0.124. The number of hydrogen-bond donors (Lipinski definition) is 3. The third-order valence-corrected chi connectivity index (χ3v) is 7.69. The van der Waals surface area contributed by atoms with Crippen LogP contribution in [0.4, 0.5) is 0 Å². The zero-order valence-electron chi connectivity index (χ0n) is 21.6. The van der Waals surface area contributed by atoms with Gasteiger partial charge in [0.1, 0.15) is 5.78 Å². The van der Waals surface area contributed by atoms with E-state index in [1.165, 1.54) is 32.1 Å². The highest BCUT2D eigenvalue weighted by molar-refractivity contribution is 5.86. The van der Waals surface area contributed by atoms with Gasteiger partial charge in [0.2, 0.25) is 0 Å². The quantitative estimate of drug-likeness (QED) is 0.323. The molecule has 6 nitrogen and oxygen atoms in total. The van der Waals surface area contributed by atoms with E-state index in [4.69, 9.17) is 0 Å². The highest BCUT2D eigenvalue weighted by Crippen LogP contribution is 2.29. The minimum Gasteiger partial charge on any atom is -0.310 e. The summed E-state index contributed by atoms with van der Waals surface area (Å²) in [6.45, 7) is 6.93. The predicted octanol–water partition coefficient (Wildman–Crippen LogP) is 3.81. The maximum atomic E-state index is 13.2. The smallest absolute Gasteiger partial charge is 0.151 e. The second-order valence-corrected chi connectivity index (χ2v) is 10.8. The van der Waals surface area contributed by atoms with Gasteiger partial charge < -0.3 is 16.0 Å². The summed E-state index contributed by atoms with van der Waals surface area (Å²) in [5.41, 5.74) is 0. The molecule has 0 amide bonds. The van der Waals surface area contributed by atoms with Crippen molar-refractivity contribution in [2.75, 3.05) is 20.1 Å². The minimum atomic E-state index is -0.180. The number of Topliss-reactive ketones (excluding diaryl/α,β-unsaturated/α-hetero) is 3. The molecule has 0 aromatic rings. The standard InChI is InChI=1S/C27H49N3O3/c1-19(2)18-23(20(3)31)29-16-14-25(33)27(22-10-6-5-7-11-22)30-17-15-24(32)26(28-4)21-12-8-9-13-21/h19,21-23,26-30H,5-18H2,1-4H3/t23-,26-,27-/m0/s1. The van der Waals surface area contributed by atoms with Crippen molar-refractivity contribution in [1.29, 1.82) is 0 Å². The van der Waals surface area contributed by atoms with Crippen LogP contribution < -0.4 is 16.0 Å². The molecule has 0 unspecified atom stereocenters. The fourth-order valence-corrected chi connectivity index (χ4v) is 5.86. The first-order valence-electron chi connectivity index (χ1n) is 13.5. The van der Waals surface area contributed by atoms with E-state index < -0.39 is 0 Å². The minimum absolute atomic E-state index is 0.0493. The van der Waals surface area contributed by atoms with Crippen molar-refractivity contribution in [3.05, 3.63) is 0 Å². The predicted molar refractivity (Wildman–Crippen MR) is 134 cm³/mol. The number of likely N-dealkylation sites (N-methyl/N-ethyl adjacent to an activating group) is 1. The van der Waals surface area contributed by atoms with Gasteiger partial charge in [0.25, 0.3) is 0 Å². The third-order valence-electron chi connectivity index (χ3n) is 7.69. The molecule has 0 aromatic heterocycles. The fraction of sp³-hybridized carbons (Fsp3) is 0.889. The first-order valence-corrected chi connectivity index (χ1v) is 13.5. The van der Waals surface area contributed by atoms with Crippen molar-refractivity contribution in [3.63, 3.8) is 0 Å². The molecule has 190 valence electrons. The summed E-state index contributed by atoms with van der Waals surface area (Å²) in [5, 5.41) is 10.0. The summed E-state index contributed by atoms with van der Waals surface area (Å²) in [5.74, 6) is 1.88. The van der Waals surface area contributed by atoms with Gasteiger partial charge in [0.05, 0.1) is 18.1 Å². The monoisotopic (exact) mass is 463 g/mol. The Bertz CT molecular complexity index is 610. The topological polar surface area (TPSA) is 87.3 Å². The molecule has 6 heteroatoms. The number of nitrogens with one attached hydrogen (secondary N) is 3. The zero-order chi connectivity index (χ0) is 24.2. The lowest BCUT2D eigenvalue weighted by atomic mass is 9.81. The molecule has 0 saturated heterocycles. The molecule has 0 aliphatic heterocycles. The molecule has 0 aromatic carbocycles. The summed E-state index contributed by atoms with van der Waals surface area (Å²) in [7, 11) is 1.89. The van der Waals surface area contributed by atoms with Gasteiger partial charge in [0.15, 0.2) is 11.6 Å². The van der Waals surface area contributed by atoms with Crippen LogP contribution >= 0.6 is 0 Å². The summed E-state index contributed by atoms with van der Waals surface area (Å²) < 4.78 is 0. The second kappa shape index (κ2) is 15.0. The van der Waals surface area contributed by atoms with E-state index in [0.29, 0.717) is 43.7 Å². The highest BCUT2D eigenvalue weighted by Gasteiger charge is 2.31. The van der Waals surface area contributed by atoms with Crippen LogP contribution in [0.3, 0.4) is 0 Å². The summed E-state index contributed by atoms with van der Waals surface area (Å²) in [6.07, 6.45) is 12.2. The van der Waals surface area contributed by atoms with E-state index in [0.717, 1.165) is 32.1 Å². The zero-order valence-corrected chi connectivity index (χ0v) is 21.6. The van der Waals surface area contributed by atoms with Crippen molar-refractivity contribution in [3.8, 4) is 0 Å². The van der Waals surface area contributed by atoms with Crippen LogP contribution in [0.1, 0.15) is 97.8 Å². The Morgan fingerprint density at radius 1 is 0.758 bits per heavy atom. The number of ketones is 3. The van der Waals surface area contributed by atoms with E-state index in [2.05, 4.69) is 29.8 Å². The number of carbonyl (C=O) groups is 3. The van der Waals surface area contributed by atoms with Gasteiger partial charge >= 0.3 is 0 Å². The molecule has 2 saturated carbocycles. The molecule has 0 spiro atoms. The second-order valence-electron chi connectivity index (χ2n) is 10.8. The van der Waals surface area contributed by atoms with E-state index in [9.17, 15) is 14.4 Å². The van der Waals surface area contributed by atoms with Gasteiger partial charge in [-0.3, -0.25) is 14.4 Å². The highest BCUT2D eigenvalue weighted by atomic mass is 16.1. The normalized spacial score (nSPS) is 20.6. The van der Waals surface area contributed by atoms with Crippen LogP contribution in [-0.2, 0) is 14.4 Å². The molecule has 2 fully saturated rings. The lowest BCUT2D eigenvalue weighted by Crippen LogP contribution is -2.47. The van der Waals surface area contributed by atoms with Crippen molar-refractivity contribution in [1.82, 2.24) is 16.0 Å². The van der Waals surface area contributed by atoms with Gasteiger partial charge in [-0.2, -0.15) is 0 Å². The van der Waals surface area contributed by atoms with Crippen LogP contribution in [0.25, 0.3) is 0 Å². The molecule has 0 heterocycles. The average Bonchev–Trinajstić information content (AvgIpc) is 3.31. The Morgan fingerprint density at radius 3 is 1.76 bits per heavy atom. The summed E-state index contributed by atoms with van der Waals surface area (Å²) >= 11 is 0. The van der Waals surface area contributed by atoms with Crippen molar-refractivity contribution in [2.45, 2.75) is 116 Å². The van der Waals surface area contributed by atoms with Gasteiger partial charge in [-0.1, -0.05) is 46.0 Å². The summed E-state index contributed by atoms with van der Waals surface area (Å²) in [4.78, 5) is 38.0. The fourth-order valence-electron chi connectivity index (χ4n) is 5.86. The molecule has 2 aliphatic carbocycles. The Hall–Kier alpha value is -1.11. The summed E-state index contributed by atoms with van der Waals surface area (Å²) in [6, 6.07) is -0.405. The Labute approximate surface area is 201 Å². The van der Waals surface area contributed by atoms with Crippen LogP contribution in [0.15, 0.2) is 0 Å². The first-order chi connectivity index (χ1) is 15.8. The van der Waals surface area contributed by atoms with Crippen molar-refractivity contribution < 1.29 is 14.4 Å². The van der Waals surface area contributed by atoms with Crippen LogP contribution in [0, 0.1) is 17.8 Å². The van der Waals surface area contributed by atoms with E-state index >= 15 is 0 Å². The average molecular weight is 464 g/mol. The Balaban J connectivity index is 1.87. The molecule has 3 N–H and O–H groups in total. The van der Waals surface area contributed by atoms with Gasteiger partial charge in [-0.15, -0.1) is 0 Å². The van der Waals surface area contributed by atoms with Gasteiger partial charge in [-0.05, 0) is 63.8 Å². The SMILES string of the molecule is CN[C@H](C(=O)CCN[C@H](C(=O)CCN[C@@H](CC(C)C)C(C)=O)C1CCCCC1)C1CCCC1. The molecular formula is C27H49N3O3. The number of rotatable bonds is 16. The molecule has 2 rings (SSSR count). The largest absolute Gasteiger partial charge is 0.310 e. The van der Waals surface area contributed by atoms with Crippen molar-refractivity contribution in [2.24, 2.45) is 17.8 Å². The molecule has 0 radical (unpaired) electrons. The molecule has 0 bridgehead atoms.